The molecule has 8 nitrogen and oxygen atoms in total. The molecule has 0 radical (unpaired) electrons. The van der Waals surface area contributed by atoms with Gasteiger partial charge in [0.05, 0.1) is 36.4 Å². The molecule has 2 unspecified atom stereocenters. The number of nitrogens with one attached hydrogen (secondary N) is 1. The first kappa shape index (κ1) is 23.0. The van der Waals surface area contributed by atoms with Gasteiger partial charge in [0.15, 0.2) is 0 Å². The first-order valence-electron chi connectivity index (χ1n) is 10.7. The molecule has 1 aromatic carbocycles. The van der Waals surface area contributed by atoms with E-state index in [1.54, 1.807) is 16.4 Å². The molecule has 0 aliphatic carbocycles. The van der Waals surface area contributed by atoms with Crippen molar-refractivity contribution in [2.75, 3.05) is 45.2 Å². The van der Waals surface area contributed by atoms with Crippen molar-refractivity contribution >= 4 is 21.6 Å². The van der Waals surface area contributed by atoms with Gasteiger partial charge in [0, 0.05) is 26.2 Å². The van der Waals surface area contributed by atoms with Crippen LogP contribution in [0.3, 0.4) is 0 Å². The molecule has 30 heavy (non-hydrogen) atoms. The fourth-order valence-electron chi connectivity index (χ4n) is 4.18. The largest absolute Gasteiger partial charge is 0.495 e. The van der Waals surface area contributed by atoms with Gasteiger partial charge >= 0.3 is 0 Å². The normalized spacial score (nSPS) is 24.2. The van der Waals surface area contributed by atoms with Crippen molar-refractivity contribution in [3.8, 4) is 5.75 Å². The Morgan fingerprint density at radius 1 is 1.13 bits per heavy atom. The van der Waals surface area contributed by atoms with Crippen molar-refractivity contribution in [1.82, 2.24) is 9.21 Å². The zero-order valence-corrected chi connectivity index (χ0v) is 18.9. The topological polar surface area (TPSA) is 88.2 Å². The van der Waals surface area contributed by atoms with Crippen molar-refractivity contribution in [3.05, 3.63) is 18.2 Å². The van der Waals surface area contributed by atoms with Gasteiger partial charge in [-0.2, -0.15) is 4.31 Å². The van der Waals surface area contributed by atoms with Gasteiger partial charge in [-0.25, -0.2) is 8.42 Å². The molecule has 0 aromatic heterocycles. The van der Waals surface area contributed by atoms with Gasteiger partial charge < -0.3 is 14.8 Å². The number of amides is 1. The maximum atomic E-state index is 13.1. The van der Waals surface area contributed by atoms with Crippen LogP contribution in [-0.2, 0) is 19.6 Å². The number of morpholine rings is 1. The molecule has 9 heteroatoms. The summed E-state index contributed by atoms with van der Waals surface area (Å²) in [5.41, 5.74) is 0.368. The Kier molecular flexibility index (Phi) is 7.73. The average Bonchev–Trinajstić information content (AvgIpc) is 2.97. The summed E-state index contributed by atoms with van der Waals surface area (Å²) >= 11 is 0. The zero-order valence-electron chi connectivity index (χ0n) is 18.1. The fourth-order valence-corrected chi connectivity index (χ4v) is 5.73. The number of sulfonamides is 1. The maximum Gasteiger partial charge on any atom is 0.243 e. The standard InChI is InChI=1S/C21H33N3O5S/c1-16-13-23(14-17(2)29-16)15-21(25)22-19-12-18(8-9-20(19)28-3)30(26,27)24-10-6-4-5-7-11-24/h8-9,12,16-17H,4-7,10-11,13-15H2,1-3H3,(H,22,25). The van der Waals surface area contributed by atoms with E-state index in [0.717, 1.165) is 25.7 Å². The van der Waals surface area contributed by atoms with E-state index in [0.29, 0.717) is 37.6 Å². The Morgan fingerprint density at radius 3 is 2.37 bits per heavy atom. The molecule has 1 N–H and O–H groups in total. The minimum Gasteiger partial charge on any atom is -0.495 e. The third-order valence-corrected chi connectivity index (χ3v) is 7.40. The number of hydrogen-bond donors (Lipinski definition) is 1. The Morgan fingerprint density at radius 2 is 1.77 bits per heavy atom. The highest BCUT2D eigenvalue weighted by Crippen LogP contribution is 2.30. The lowest BCUT2D eigenvalue weighted by molar-refractivity contribution is -0.121. The van der Waals surface area contributed by atoms with Crippen molar-refractivity contribution in [1.29, 1.82) is 0 Å². The highest BCUT2D eigenvalue weighted by atomic mass is 32.2. The SMILES string of the molecule is COc1ccc(S(=O)(=O)N2CCCCCC2)cc1NC(=O)CN1CC(C)OC(C)C1. The minimum absolute atomic E-state index is 0.0678. The van der Waals surface area contributed by atoms with Gasteiger partial charge in [0.25, 0.3) is 0 Å². The summed E-state index contributed by atoms with van der Waals surface area (Å²) in [7, 11) is -2.11. The molecule has 2 aliphatic rings. The number of benzene rings is 1. The first-order valence-corrected chi connectivity index (χ1v) is 12.1. The number of nitrogens with zero attached hydrogens (tertiary/aromatic N) is 2. The lowest BCUT2D eigenvalue weighted by Crippen LogP contribution is -2.48. The maximum absolute atomic E-state index is 13.1. The monoisotopic (exact) mass is 439 g/mol. The van der Waals surface area contributed by atoms with E-state index in [2.05, 4.69) is 5.32 Å². The summed E-state index contributed by atoms with van der Waals surface area (Å²) in [4.78, 5) is 14.9. The van der Waals surface area contributed by atoms with Crippen LogP contribution in [0.1, 0.15) is 39.5 Å². The van der Waals surface area contributed by atoms with Crippen LogP contribution in [0.15, 0.2) is 23.1 Å². The van der Waals surface area contributed by atoms with Crippen LogP contribution in [0.4, 0.5) is 5.69 Å². The molecule has 2 heterocycles. The number of anilines is 1. The van der Waals surface area contributed by atoms with Gasteiger partial charge in [0.2, 0.25) is 15.9 Å². The number of ether oxygens (including phenoxy) is 2. The van der Waals surface area contributed by atoms with Gasteiger partial charge in [-0.1, -0.05) is 12.8 Å². The van der Waals surface area contributed by atoms with E-state index in [9.17, 15) is 13.2 Å². The van der Waals surface area contributed by atoms with Crippen LogP contribution in [0.25, 0.3) is 0 Å². The van der Waals surface area contributed by atoms with Crippen LogP contribution in [0.5, 0.6) is 5.75 Å². The van der Waals surface area contributed by atoms with Gasteiger partial charge in [-0.15, -0.1) is 0 Å². The predicted molar refractivity (Wildman–Crippen MR) is 115 cm³/mol. The summed E-state index contributed by atoms with van der Waals surface area (Å²) in [5, 5.41) is 2.84. The molecule has 2 atom stereocenters. The number of methoxy groups -OCH3 is 1. The quantitative estimate of drug-likeness (QED) is 0.732. The highest BCUT2D eigenvalue weighted by Gasteiger charge is 2.27. The summed E-state index contributed by atoms with van der Waals surface area (Å²) in [6.45, 7) is 6.61. The second-order valence-corrected chi connectivity index (χ2v) is 10.1. The first-order chi connectivity index (χ1) is 14.3. The Bertz CT molecular complexity index is 827. The molecular weight excluding hydrogens is 406 g/mol. The summed E-state index contributed by atoms with van der Waals surface area (Å²) < 4.78 is 38.8. The van der Waals surface area contributed by atoms with Crippen molar-refractivity contribution in [3.63, 3.8) is 0 Å². The Balaban J connectivity index is 1.75. The number of hydrogen-bond acceptors (Lipinski definition) is 6. The van der Waals surface area contributed by atoms with E-state index in [-0.39, 0.29) is 29.6 Å². The lowest BCUT2D eigenvalue weighted by Gasteiger charge is -2.34. The molecule has 2 fully saturated rings. The number of rotatable bonds is 6. The smallest absolute Gasteiger partial charge is 0.243 e. The third kappa shape index (κ3) is 5.72. The Hall–Kier alpha value is -1.68. The second-order valence-electron chi connectivity index (χ2n) is 8.18. The van der Waals surface area contributed by atoms with E-state index < -0.39 is 10.0 Å². The Labute approximate surface area is 179 Å². The van der Waals surface area contributed by atoms with Gasteiger partial charge in [-0.05, 0) is 44.9 Å². The molecule has 2 saturated heterocycles. The summed E-state index contributed by atoms with van der Waals surface area (Å²) in [6, 6.07) is 4.64. The van der Waals surface area contributed by atoms with Crippen LogP contribution < -0.4 is 10.1 Å². The molecule has 2 aliphatic heterocycles. The van der Waals surface area contributed by atoms with Crippen LogP contribution in [0.2, 0.25) is 0 Å². The van der Waals surface area contributed by atoms with E-state index in [4.69, 9.17) is 9.47 Å². The van der Waals surface area contributed by atoms with Gasteiger partial charge in [-0.3, -0.25) is 9.69 Å². The van der Waals surface area contributed by atoms with Crippen LogP contribution in [-0.4, -0.2) is 75.6 Å². The fraction of sp³-hybridized carbons (Fsp3) is 0.667. The molecule has 3 rings (SSSR count). The number of carbonyl (C=O) groups is 1. The number of carbonyl (C=O) groups excluding carboxylic acids is 1. The van der Waals surface area contributed by atoms with Crippen molar-refractivity contribution in [2.45, 2.75) is 56.6 Å². The van der Waals surface area contributed by atoms with Crippen molar-refractivity contribution in [2.24, 2.45) is 0 Å². The molecule has 0 bridgehead atoms. The minimum atomic E-state index is -3.61. The van der Waals surface area contributed by atoms with Crippen molar-refractivity contribution < 1.29 is 22.7 Å². The third-order valence-electron chi connectivity index (χ3n) is 5.51. The van der Waals surface area contributed by atoms with E-state index in [1.165, 1.54) is 13.2 Å². The average molecular weight is 440 g/mol. The summed E-state index contributed by atoms with van der Waals surface area (Å²) in [6.07, 6.45) is 3.98. The lowest BCUT2D eigenvalue weighted by atomic mass is 10.2. The molecule has 1 aromatic rings. The van der Waals surface area contributed by atoms with Crippen LogP contribution >= 0.6 is 0 Å². The molecular formula is C21H33N3O5S. The molecule has 168 valence electrons. The van der Waals surface area contributed by atoms with Crippen LogP contribution in [0, 0.1) is 0 Å². The zero-order chi connectivity index (χ0) is 21.7. The molecule has 0 saturated carbocycles. The van der Waals surface area contributed by atoms with E-state index in [1.807, 2.05) is 18.7 Å². The molecule has 1 amide bonds. The predicted octanol–water partition coefficient (Wildman–Crippen LogP) is 2.31. The molecule has 0 spiro atoms. The van der Waals surface area contributed by atoms with Gasteiger partial charge in [0.1, 0.15) is 5.75 Å². The second kappa shape index (κ2) is 10.1. The summed E-state index contributed by atoms with van der Waals surface area (Å²) in [5.74, 6) is 0.223. The highest BCUT2D eigenvalue weighted by molar-refractivity contribution is 7.89. The van der Waals surface area contributed by atoms with E-state index >= 15 is 0 Å².